The third-order valence-electron chi connectivity index (χ3n) is 3.31. The Morgan fingerprint density at radius 2 is 1.87 bits per heavy atom. The first-order valence-electron chi connectivity index (χ1n) is 7.14. The minimum Gasteiger partial charge on any atom is -0.623 e. The number of nitrogens with zero attached hydrogens (tertiary/aromatic N) is 4. The summed E-state index contributed by atoms with van der Waals surface area (Å²) in [7, 11) is 1.62. The molecule has 116 valence electrons. The Balaban J connectivity index is 1.74. The number of hydrogen-bond donors (Lipinski definition) is 0. The van der Waals surface area contributed by atoms with Gasteiger partial charge in [0.2, 0.25) is 6.21 Å². The van der Waals surface area contributed by atoms with Crippen LogP contribution < -0.4 is 4.74 Å². The molecule has 0 fully saturated rings. The highest BCUT2D eigenvalue weighted by Crippen LogP contribution is 2.13. The molecule has 23 heavy (non-hydrogen) atoms. The van der Waals surface area contributed by atoms with Gasteiger partial charge in [0.05, 0.1) is 19.0 Å². The first-order chi connectivity index (χ1) is 11.2. The normalized spacial score (nSPS) is 11.4. The maximum absolute atomic E-state index is 12.0. The van der Waals surface area contributed by atoms with Gasteiger partial charge in [0, 0.05) is 5.56 Å². The number of hydrogen-bond acceptors (Lipinski definition) is 4. The van der Waals surface area contributed by atoms with Crippen LogP contribution in [0.4, 0.5) is 0 Å². The number of hydroxylamine groups is 1. The van der Waals surface area contributed by atoms with Gasteiger partial charge in [0.15, 0.2) is 12.2 Å². The molecule has 0 radical (unpaired) electrons. The van der Waals surface area contributed by atoms with Crippen LogP contribution in [0, 0.1) is 5.21 Å². The number of methoxy groups -OCH3 is 1. The molecular formula is C17H16N4O2. The van der Waals surface area contributed by atoms with Crippen LogP contribution in [0.15, 0.2) is 60.8 Å². The summed E-state index contributed by atoms with van der Waals surface area (Å²) < 4.78 is 7.58. The molecule has 0 spiro atoms. The van der Waals surface area contributed by atoms with E-state index in [1.165, 1.54) is 6.21 Å². The second-order valence-electron chi connectivity index (χ2n) is 4.98. The van der Waals surface area contributed by atoms with Crippen molar-refractivity contribution in [2.75, 3.05) is 7.11 Å². The first kappa shape index (κ1) is 14.8. The van der Waals surface area contributed by atoms with Crippen molar-refractivity contribution in [3.05, 3.63) is 77.3 Å². The highest BCUT2D eigenvalue weighted by atomic mass is 16.5. The fourth-order valence-corrected chi connectivity index (χ4v) is 2.15. The van der Waals surface area contributed by atoms with E-state index in [0.29, 0.717) is 5.69 Å². The van der Waals surface area contributed by atoms with Crippen molar-refractivity contribution >= 4 is 6.21 Å². The van der Waals surface area contributed by atoms with E-state index in [1.807, 2.05) is 54.6 Å². The van der Waals surface area contributed by atoms with E-state index in [0.717, 1.165) is 21.7 Å². The molecule has 0 saturated carbocycles. The Labute approximate surface area is 133 Å². The van der Waals surface area contributed by atoms with Crippen molar-refractivity contribution < 1.29 is 9.48 Å². The average molecular weight is 308 g/mol. The van der Waals surface area contributed by atoms with E-state index >= 15 is 0 Å². The van der Waals surface area contributed by atoms with Crippen molar-refractivity contribution in [2.24, 2.45) is 0 Å². The summed E-state index contributed by atoms with van der Waals surface area (Å²) in [5.41, 5.74) is 2.30. The molecule has 0 N–H and O–H groups in total. The van der Waals surface area contributed by atoms with Gasteiger partial charge in [-0.15, -0.1) is 5.10 Å². The van der Waals surface area contributed by atoms with Crippen LogP contribution in [-0.4, -0.2) is 33.1 Å². The van der Waals surface area contributed by atoms with E-state index < -0.39 is 0 Å². The zero-order valence-corrected chi connectivity index (χ0v) is 12.7. The van der Waals surface area contributed by atoms with Gasteiger partial charge < -0.3 is 9.94 Å². The predicted molar refractivity (Wildman–Crippen MR) is 86.9 cm³/mol. The van der Waals surface area contributed by atoms with Gasteiger partial charge >= 0.3 is 0 Å². The molecule has 0 aliphatic heterocycles. The van der Waals surface area contributed by atoms with Crippen molar-refractivity contribution in [1.29, 1.82) is 0 Å². The molecule has 3 rings (SSSR count). The molecule has 1 heterocycles. The van der Waals surface area contributed by atoms with E-state index in [9.17, 15) is 5.21 Å². The smallest absolute Gasteiger partial charge is 0.204 e. The van der Waals surface area contributed by atoms with Crippen LogP contribution in [0.3, 0.4) is 0 Å². The van der Waals surface area contributed by atoms with Crippen molar-refractivity contribution in [1.82, 2.24) is 15.0 Å². The molecule has 6 nitrogen and oxygen atoms in total. The second kappa shape index (κ2) is 6.74. The summed E-state index contributed by atoms with van der Waals surface area (Å²) in [6, 6.07) is 17.0. The molecule has 6 heteroatoms. The Morgan fingerprint density at radius 3 is 2.57 bits per heavy atom. The summed E-state index contributed by atoms with van der Waals surface area (Å²) >= 11 is 0. The molecule has 0 amide bonds. The lowest BCUT2D eigenvalue weighted by Crippen LogP contribution is -2.05. The van der Waals surface area contributed by atoms with Gasteiger partial charge in [-0.2, -0.15) is 0 Å². The Kier molecular flexibility index (Phi) is 4.33. The van der Waals surface area contributed by atoms with Gasteiger partial charge in [0.1, 0.15) is 5.75 Å². The lowest BCUT2D eigenvalue weighted by molar-refractivity contribution is -0.469. The van der Waals surface area contributed by atoms with E-state index in [1.54, 1.807) is 18.0 Å². The summed E-state index contributed by atoms with van der Waals surface area (Å²) in [4.78, 5) is 0. The van der Waals surface area contributed by atoms with Crippen LogP contribution in [0.5, 0.6) is 5.75 Å². The molecule has 0 unspecified atom stereocenters. The Morgan fingerprint density at radius 1 is 1.13 bits per heavy atom. The van der Waals surface area contributed by atoms with Crippen molar-refractivity contribution in [2.45, 2.75) is 6.54 Å². The SMILES string of the molecule is COc1ccc(-n2cc(/C=[N+](\[O-])Cc3ccccc3)nn2)cc1. The van der Waals surface area contributed by atoms with Crippen LogP contribution >= 0.6 is 0 Å². The standard InChI is InChI=1S/C17H16N4O2/c1-23-17-9-7-16(8-10-17)21-13-15(18-19-21)12-20(22)11-14-5-3-2-4-6-14/h2-10,12-13H,11H2,1H3/b20-12-. The minimum atomic E-state index is 0.274. The molecule has 3 aromatic rings. The van der Waals surface area contributed by atoms with Crippen LogP contribution in [0.25, 0.3) is 5.69 Å². The zero-order valence-electron chi connectivity index (χ0n) is 12.7. The maximum Gasteiger partial charge on any atom is 0.204 e. The molecule has 0 saturated heterocycles. The lowest BCUT2D eigenvalue weighted by Gasteiger charge is -2.03. The van der Waals surface area contributed by atoms with Gasteiger partial charge in [-0.25, -0.2) is 9.42 Å². The number of aromatic nitrogens is 3. The molecule has 1 aromatic heterocycles. The van der Waals surface area contributed by atoms with E-state index in [-0.39, 0.29) is 6.54 Å². The second-order valence-corrected chi connectivity index (χ2v) is 4.98. The average Bonchev–Trinajstić information content (AvgIpc) is 3.04. The van der Waals surface area contributed by atoms with Gasteiger partial charge in [-0.05, 0) is 24.3 Å². The molecule has 0 bridgehead atoms. The third kappa shape index (κ3) is 3.74. The topological polar surface area (TPSA) is 66.0 Å². The van der Waals surface area contributed by atoms with Gasteiger partial charge in [-0.3, -0.25) is 0 Å². The Bertz CT molecular complexity index is 795. The van der Waals surface area contributed by atoms with Crippen LogP contribution in [0.1, 0.15) is 11.3 Å². The molecule has 2 aromatic carbocycles. The molecule has 0 aliphatic carbocycles. The summed E-state index contributed by atoms with van der Waals surface area (Å²) in [5.74, 6) is 0.772. The highest BCUT2D eigenvalue weighted by Gasteiger charge is 2.05. The maximum atomic E-state index is 12.0. The fraction of sp³-hybridized carbons (Fsp3) is 0.118. The monoisotopic (exact) mass is 308 g/mol. The highest BCUT2D eigenvalue weighted by molar-refractivity contribution is 5.72. The largest absolute Gasteiger partial charge is 0.623 e. The number of benzene rings is 2. The van der Waals surface area contributed by atoms with Gasteiger partial charge in [-0.1, -0.05) is 35.5 Å². The lowest BCUT2D eigenvalue weighted by atomic mass is 10.2. The zero-order chi connectivity index (χ0) is 16.1. The Hall–Kier alpha value is -3.15. The molecule has 0 atom stereocenters. The quantitative estimate of drug-likeness (QED) is 0.314. The molecular weight excluding hydrogens is 292 g/mol. The first-order valence-corrected chi connectivity index (χ1v) is 7.14. The number of rotatable bonds is 5. The number of ether oxygens (including phenoxy) is 1. The van der Waals surface area contributed by atoms with Crippen molar-refractivity contribution in [3.8, 4) is 11.4 Å². The van der Waals surface area contributed by atoms with Crippen molar-refractivity contribution in [3.63, 3.8) is 0 Å². The summed E-state index contributed by atoms with van der Waals surface area (Å²) in [6.07, 6.45) is 3.14. The summed E-state index contributed by atoms with van der Waals surface area (Å²) in [5, 5.41) is 20.0. The van der Waals surface area contributed by atoms with Crippen LogP contribution in [-0.2, 0) is 6.54 Å². The van der Waals surface area contributed by atoms with E-state index in [4.69, 9.17) is 4.74 Å². The summed E-state index contributed by atoms with van der Waals surface area (Å²) in [6.45, 7) is 0.274. The van der Waals surface area contributed by atoms with Gasteiger partial charge in [0.25, 0.3) is 0 Å². The fourth-order valence-electron chi connectivity index (χ4n) is 2.15. The minimum absolute atomic E-state index is 0.274. The molecule has 0 aliphatic rings. The third-order valence-corrected chi connectivity index (χ3v) is 3.31. The van der Waals surface area contributed by atoms with Crippen LogP contribution in [0.2, 0.25) is 0 Å². The van der Waals surface area contributed by atoms with E-state index in [2.05, 4.69) is 10.3 Å². The predicted octanol–water partition coefficient (Wildman–Crippen LogP) is 2.41.